The maximum atomic E-state index is 13.1. The van der Waals surface area contributed by atoms with Crippen molar-refractivity contribution in [3.8, 4) is 0 Å². The van der Waals surface area contributed by atoms with Crippen LogP contribution in [0.3, 0.4) is 0 Å². The van der Waals surface area contributed by atoms with Crippen LogP contribution < -0.4 is 10.9 Å². The third-order valence-electron chi connectivity index (χ3n) is 2.77. The molecule has 0 aliphatic rings. The van der Waals surface area contributed by atoms with Crippen LogP contribution in [0, 0.1) is 5.82 Å². The first-order valence-corrected chi connectivity index (χ1v) is 7.14. The van der Waals surface area contributed by atoms with Gasteiger partial charge in [-0.2, -0.15) is 5.10 Å². The van der Waals surface area contributed by atoms with Crippen LogP contribution in [0.25, 0.3) is 0 Å². The molecular formula is C14H15BrFN3O. The number of anilines is 1. The average molecular weight is 340 g/mol. The van der Waals surface area contributed by atoms with E-state index in [1.54, 1.807) is 18.3 Å². The lowest BCUT2D eigenvalue weighted by atomic mass is 10.2. The minimum atomic E-state index is -0.326. The van der Waals surface area contributed by atoms with Crippen molar-refractivity contribution in [2.75, 3.05) is 11.9 Å². The van der Waals surface area contributed by atoms with Crippen molar-refractivity contribution in [1.29, 1.82) is 0 Å². The zero-order valence-electron chi connectivity index (χ0n) is 11.1. The van der Waals surface area contributed by atoms with E-state index in [2.05, 4.69) is 26.3 Å². The highest BCUT2D eigenvalue weighted by Crippen LogP contribution is 2.17. The minimum Gasteiger partial charge on any atom is -0.384 e. The van der Waals surface area contributed by atoms with Crippen molar-refractivity contribution < 1.29 is 4.39 Å². The fraction of sp³-hybridized carbons (Fsp3) is 0.286. The summed E-state index contributed by atoms with van der Waals surface area (Å²) in [5.41, 5.74) is 1.34. The van der Waals surface area contributed by atoms with Crippen molar-refractivity contribution in [3.63, 3.8) is 0 Å². The standard InChI is InChI=1S/C14H15BrFN3O/c1-2-5-17-11-7-14(20)19(18-8-11)9-10-3-4-13(16)12(15)6-10/h3-4,6-8,17H,2,5,9H2,1H3. The molecule has 0 radical (unpaired) electrons. The fourth-order valence-electron chi connectivity index (χ4n) is 1.73. The monoisotopic (exact) mass is 339 g/mol. The summed E-state index contributed by atoms with van der Waals surface area (Å²) in [5.74, 6) is -0.326. The van der Waals surface area contributed by atoms with Gasteiger partial charge in [0, 0.05) is 12.6 Å². The molecule has 6 heteroatoms. The number of hydrogen-bond acceptors (Lipinski definition) is 3. The molecule has 0 atom stereocenters. The molecule has 2 aromatic rings. The number of benzene rings is 1. The summed E-state index contributed by atoms with van der Waals surface area (Å²) in [6.45, 7) is 3.16. The SMILES string of the molecule is CCCNc1cnn(Cc2ccc(F)c(Br)c2)c(=O)c1. The van der Waals surface area contributed by atoms with E-state index in [9.17, 15) is 9.18 Å². The molecule has 1 aromatic carbocycles. The Morgan fingerprint density at radius 3 is 2.85 bits per heavy atom. The predicted molar refractivity (Wildman–Crippen MR) is 80.5 cm³/mol. The van der Waals surface area contributed by atoms with Gasteiger partial charge < -0.3 is 5.32 Å². The summed E-state index contributed by atoms with van der Waals surface area (Å²) >= 11 is 3.13. The zero-order valence-corrected chi connectivity index (χ0v) is 12.7. The van der Waals surface area contributed by atoms with E-state index in [-0.39, 0.29) is 11.4 Å². The lowest BCUT2D eigenvalue weighted by Gasteiger charge is -2.08. The van der Waals surface area contributed by atoms with E-state index in [1.165, 1.54) is 16.8 Å². The summed E-state index contributed by atoms with van der Waals surface area (Å²) in [6, 6.07) is 6.16. The normalized spacial score (nSPS) is 10.6. The lowest BCUT2D eigenvalue weighted by molar-refractivity contribution is 0.613. The zero-order chi connectivity index (χ0) is 14.5. The summed E-state index contributed by atoms with van der Waals surface area (Å²) < 4.78 is 14.9. The Balaban J connectivity index is 2.17. The van der Waals surface area contributed by atoms with Crippen molar-refractivity contribution in [1.82, 2.24) is 9.78 Å². The highest BCUT2D eigenvalue weighted by Gasteiger charge is 2.04. The molecule has 4 nitrogen and oxygen atoms in total. The van der Waals surface area contributed by atoms with Crippen LogP contribution in [0.15, 0.2) is 39.7 Å². The van der Waals surface area contributed by atoms with Crippen LogP contribution in [0.4, 0.5) is 10.1 Å². The van der Waals surface area contributed by atoms with Crippen LogP contribution in [-0.2, 0) is 6.54 Å². The average Bonchev–Trinajstić information content (AvgIpc) is 2.43. The second-order valence-corrected chi connectivity index (χ2v) is 5.27. The molecule has 1 aromatic heterocycles. The molecule has 20 heavy (non-hydrogen) atoms. The molecule has 106 valence electrons. The van der Waals surface area contributed by atoms with Crippen molar-refractivity contribution in [2.45, 2.75) is 19.9 Å². The Labute approximate surface area is 124 Å². The minimum absolute atomic E-state index is 0.188. The molecule has 0 saturated carbocycles. The summed E-state index contributed by atoms with van der Waals surface area (Å²) in [7, 11) is 0. The molecule has 0 spiro atoms. The molecule has 0 unspecified atom stereocenters. The van der Waals surface area contributed by atoms with Gasteiger partial charge in [0.05, 0.1) is 22.9 Å². The topological polar surface area (TPSA) is 46.9 Å². The van der Waals surface area contributed by atoms with Gasteiger partial charge in [-0.3, -0.25) is 4.79 Å². The second-order valence-electron chi connectivity index (χ2n) is 4.42. The van der Waals surface area contributed by atoms with Gasteiger partial charge in [0.1, 0.15) is 5.82 Å². The van der Waals surface area contributed by atoms with E-state index < -0.39 is 0 Å². The van der Waals surface area contributed by atoms with Crippen molar-refractivity contribution >= 4 is 21.6 Å². The molecule has 0 saturated heterocycles. The first kappa shape index (κ1) is 14.7. The predicted octanol–water partition coefficient (Wildman–Crippen LogP) is 3.02. The Hall–Kier alpha value is -1.69. The maximum Gasteiger partial charge on any atom is 0.269 e. The van der Waals surface area contributed by atoms with Gasteiger partial charge in [0.15, 0.2) is 0 Å². The molecule has 0 aliphatic heterocycles. The van der Waals surface area contributed by atoms with Gasteiger partial charge in [0.25, 0.3) is 5.56 Å². The molecular weight excluding hydrogens is 325 g/mol. The van der Waals surface area contributed by atoms with Gasteiger partial charge >= 0.3 is 0 Å². The van der Waals surface area contributed by atoms with Gasteiger partial charge in [-0.15, -0.1) is 0 Å². The molecule has 2 rings (SSSR count). The quantitative estimate of drug-likeness (QED) is 0.910. The summed E-state index contributed by atoms with van der Waals surface area (Å²) in [5, 5.41) is 7.22. The smallest absolute Gasteiger partial charge is 0.269 e. The maximum absolute atomic E-state index is 13.1. The molecule has 1 heterocycles. The van der Waals surface area contributed by atoms with Crippen LogP contribution in [0.1, 0.15) is 18.9 Å². The van der Waals surface area contributed by atoms with Crippen LogP contribution >= 0.6 is 15.9 Å². The largest absolute Gasteiger partial charge is 0.384 e. The number of rotatable bonds is 5. The van der Waals surface area contributed by atoms with Crippen LogP contribution in [0.2, 0.25) is 0 Å². The van der Waals surface area contributed by atoms with Gasteiger partial charge in [-0.1, -0.05) is 13.0 Å². The van der Waals surface area contributed by atoms with Gasteiger partial charge in [-0.25, -0.2) is 9.07 Å². The van der Waals surface area contributed by atoms with E-state index in [4.69, 9.17) is 0 Å². The molecule has 0 aliphatic carbocycles. The molecule has 0 fully saturated rings. The molecule has 1 N–H and O–H groups in total. The third kappa shape index (κ3) is 3.66. The van der Waals surface area contributed by atoms with E-state index in [1.807, 2.05) is 6.92 Å². The first-order chi connectivity index (χ1) is 9.60. The van der Waals surface area contributed by atoms with E-state index >= 15 is 0 Å². The Morgan fingerprint density at radius 2 is 2.20 bits per heavy atom. The van der Waals surface area contributed by atoms with Gasteiger partial charge in [0.2, 0.25) is 0 Å². The number of nitrogens with one attached hydrogen (secondary N) is 1. The van der Waals surface area contributed by atoms with Crippen LogP contribution in [-0.4, -0.2) is 16.3 Å². The number of aromatic nitrogens is 2. The summed E-state index contributed by atoms with van der Waals surface area (Å²) in [4.78, 5) is 11.9. The van der Waals surface area contributed by atoms with Crippen molar-refractivity contribution in [3.05, 3.63) is 56.7 Å². The highest BCUT2D eigenvalue weighted by molar-refractivity contribution is 9.10. The highest BCUT2D eigenvalue weighted by atomic mass is 79.9. The third-order valence-corrected chi connectivity index (χ3v) is 3.37. The van der Waals surface area contributed by atoms with Crippen LogP contribution in [0.5, 0.6) is 0 Å². The van der Waals surface area contributed by atoms with Crippen molar-refractivity contribution in [2.24, 2.45) is 0 Å². The fourth-order valence-corrected chi connectivity index (χ4v) is 2.16. The molecule has 0 amide bonds. The number of nitrogens with zero attached hydrogens (tertiary/aromatic N) is 2. The van der Waals surface area contributed by atoms with E-state index in [0.29, 0.717) is 16.7 Å². The Kier molecular flexibility index (Phi) is 4.89. The first-order valence-electron chi connectivity index (χ1n) is 6.35. The number of hydrogen-bond donors (Lipinski definition) is 1. The Morgan fingerprint density at radius 1 is 1.40 bits per heavy atom. The number of halogens is 2. The second kappa shape index (κ2) is 6.65. The lowest BCUT2D eigenvalue weighted by Crippen LogP contribution is -2.23. The Bertz CT molecular complexity index is 657. The van der Waals surface area contributed by atoms with Gasteiger partial charge in [-0.05, 0) is 40.0 Å². The molecule has 0 bridgehead atoms. The van der Waals surface area contributed by atoms with E-state index in [0.717, 1.165) is 18.5 Å². The summed E-state index contributed by atoms with van der Waals surface area (Å²) in [6.07, 6.45) is 2.60.